The smallest absolute Gasteiger partial charge is 0.260 e. The van der Waals surface area contributed by atoms with Crippen LogP contribution in [0.5, 0.6) is 0 Å². The SMILES string of the molecule is Cc1nc(S(=O)(=O)NC2(C(=N)N)CCCC2)cn1C. The van der Waals surface area contributed by atoms with Crippen LogP contribution in [-0.4, -0.2) is 29.3 Å². The molecule has 2 rings (SSSR count). The second-order valence-electron chi connectivity index (χ2n) is 5.05. The number of nitrogens with zero attached hydrogens (tertiary/aromatic N) is 2. The van der Waals surface area contributed by atoms with Crippen molar-refractivity contribution in [2.45, 2.75) is 43.2 Å². The minimum Gasteiger partial charge on any atom is -0.386 e. The molecule has 1 aliphatic rings. The van der Waals surface area contributed by atoms with Crippen LogP contribution in [0.2, 0.25) is 0 Å². The first-order chi connectivity index (χ1) is 8.77. The molecule has 0 spiro atoms. The molecule has 1 fully saturated rings. The first kappa shape index (κ1) is 14.0. The van der Waals surface area contributed by atoms with Crippen molar-refractivity contribution in [1.82, 2.24) is 14.3 Å². The van der Waals surface area contributed by atoms with Crippen molar-refractivity contribution >= 4 is 15.9 Å². The molecule has 1 aliphatic carbocycles. The van der Waals surface area contributed by atoms with Crippen molar-refractivity contribution in [2.24, 2.45) is 12.8 Å². The van der Waals surface area contributed by atoms with Crippen LogP contribution in [0.3, 0.4) is 0 Å². The van der Waals surface area contributed by atoms with Gasteiger partial charge in [-0.2, -0.15) is 4.72 Å². The Morgan fingerprint density at radius 1 is 1.53 bits per heavy atom. The maximum Gasteiger partial charge on any atom is 0.260 e. The van der Waals surface area contributed by atoms with Crippen LogP contribution in [0.4, 0.5) is 0 Å². The molecule has 7 nitrogen and oxygen atoms in total. The van der Waals surface area contributed by atoms with Gasteiger partial charge in [-0.25, -0.2) is 13.4 Å². The van der Waals surface area contributed by atoms with E-state index in [4.69, 9.17) is 11.1 Å². The van der Waals surface area contributed by atoms with Gasteiger partial charge in [0, 0.05) is 13.2 Å². The fourth-order valence-corrected chi connectivity index (χ4v) is 3.85. The molecule has 0 amide bonds. The van der Waals surface area contributed by atoms with Gasteiger partial charge in [-0.05, 0) is 19.8 Å². The molecule has 0 unspecified atom stereocenters. The van der Waals surface area contributed by atoms with Gasteiger partial charge < -0.3 is 10.3 Å². The molecule has 0 aliphatic heterocycles. The monoisotopic (exact) mass is 285 g/mol. The van der Waals surface area contributed by atoms with E-state index < -0.39 is 15.6 Å². The Morgan fingerprint density at radius 2 is 2.11 bits per heavy atom. The molecule has 0 atom stereocenters. The summed E-state index contributed by atoms with van der Waals surface area (Å²) in [7, 11) is -2.02. The molecule has 1 saturated carbocycles. The number of rotatable bonds is 4. The van der Waals surface area contributed by atoms with E-state index in [-0.39, 0.29) is 10.9 Å². The Bertz CT molecular complexity index is 579. The van der Waals surface area contributed by atoms with Crippen molar-refractivity contribution in [3.8, 4) is 0 Å². The molecule has 0 radical (unpaired) electrons. The minimum atomic E-state index is -3.75. The average Bonchev–Trinajstić information content (AvgIpc) is 2.88. The highest BCUT2D eigenvalue weighted by Crippen LogP contribution is 2.31. The fourth-order valence-electron chi connectivity index (χ4n) is 2.37. The molecule has 19 heavy (non-hydrogen) atoms. The molecule has 1 heterocycles. The zero-order valence-electron chi connectivity index (χ0n) is 11.1. The summed E-state index contributed by atoms with van der Waals surface area (Å²) in [5.74, 6) is 0.491. The number of amidine groups is 1. The first-order valence-electron chi connectivity index (χ1n) is 6.15. The maximum atomic E-state index is 12.3. The first-order valence-corrected chi connectivity index (χ1v) is 7.64. The number of nitrogens with one attached hydrogen (secondary N) is 2. The van der Waals surface area contributed by atoms with Gasteiger partial charge in [0.25, 0.3) is 10.0 Å². The Morgan fingerprint density at radius 3 is 2.53 bits per heavy atom. The summed E-state index contributed by atoms with van der Waals surface area (Å²) in [6, 6.07) is 0. The van der Waals surface area contributed by atoms with Gasteiger partial charge in [0.05, 0.1) is 5.54 Å². The summed E-state index contributed by atoms with van der Waals surface area (Å²) >= 11 is 0. The van der Waals surface area contributed by atoms with Crippen LogP contribution in [0.25, 0.3) is 0 Å². The molecule has 4 N–H and O–H groups in total. The topological polar surface area (TPSA) is 114 Å². The van der Waals surface area contributed by atoms with Crippen molar-refractivity contribution in [2.75, 3.05) is 0 Å². The second-order valence-corrected chi connectivity index (χ2v) is 6.67. The lowest BCUT2D eigenvalue weighted by molar-refractivity contribution is 0.494. The third-order valence-electron chi connectivity index (χ3n) is 3.66. The number of hydrogen-bond acceptors (Lipinski definition) is 4. The minimum absolute atomic E-state index is 0.0278. The number of sulfonamides is 1. The number of hydrogen-bond donors (Lipinski definition) is 3. The van der Waals surface area contributed by atoms with Crippen LogP contribution in [-0.2, 0) is 17.1 Å². The van der Waals surface area contributed by atoms with Crippen LogP contribution in [0.1, 0.15) is 31.5 Å². The quantitative estimate of drug-likeness (QED) is 0.543. The molecule has 8 heteroatoms. The summed E-state index contributed by atoms with van der Waals surface area (Å²) in [6.07, 6.45) is 4.31. The van der Waals surface area contributed by atoms with E-state index in [1.807, 2.05) is 0 Å². The van der Waals surface area contributed by atoms with Crippen molar-refractivity contribution < 1.29 is 8.42 Å². The number of aryl methyl sites for hydroxylation is 2. The largest absolute Gasteiger partial charge is 0.386 e. The highest BCUT2D eigenvalue weighted by atomic mass is 32.2. The van der Waals surface area contributed by atoms with E-state index in [0.717, 1.165) is 12.8 Å². The van der Waals surface area contributed by atoms with Gasteiger partial charge in [-0.3, -0.25) is 5.41 Å². The second kappa shape index (κ2) is 4.61. The predicted octanol–water partition coefficient (Wildman–Crippen LogP) is 0.256. The molecule has 0 saturated heterocycles. The highest BCUT2D eigenvalue weighted by Gasteiger charge is 2.41. The lowest BCUT2D eigenvalue weighted by atomic mass is 9.98. The van der Waals surface area contributed by atoms with Gasteiger partial charge in [-0.15, -0.1) is 0 Å². The lowest BCUT2D eigenvalue weighted by Gasteiger charge is -2.27. The summed E-state index contributed by atoms with van der Waals surface area (Å²) in [5.41, 5.74) is 4.64. The summed E-state index contributed by atoms with van der Waals surface area (Å²) < 4.78 is 28.9. The normalized spacial score (nSPS) is 18.6. The fraction of sp³-hybridized carbons (Fsp3) is 0.636. The number of aromatic nitrogens is 2. The van der Waals surface area contributed by atoms with Crippen LogP contribution in [0.15, 0.2) is 11.2 Å². The third kappa shape index (κ3) is 2.50. The Kier molecular flexibility index (Phi) is 3.40. The van der Waals surface area contributed by atoms with E-state index in [2.05, 4.69) is 9.71 Å². The zero-order valence-corrected chi connectivity index (χ0v) is 11.9. The van der Waals surface area contributed by atoms with E-state index in [0.29, 0.717) is 18.7 Å². The molecule has 0 aromatic carbocycles. The lowest BCUT2D eigenvalue weighted by Crippen LogP contribution is -2.55. The predicted molar refractivity (Wildman–Crippen MR) is 71.4 cm³/mol. The van der Waals surface area contributed by atoms with Gasteiger partial charge in [0.15, 0.2) is 5.03 Å². The van der Waals surface area contributed by atoms with E-state index >= 15 is 0 Å². The Hall–Kier alpha value is -1.41. The molecule has 1 aromatic rings. The molecule has 106 valence electrons. The number of nitrogens with two attached hydrogens (primary N) is 1. The van der Waals surface area contributed by atoms with Crippen molar-refractivity contribution in [3.63, 3.8) is 0 Å². The highest BCUT2D eigenvalue weighted by molar-refractivity contribution is 7.89. The molecule has 0 bridgehead atoms. The molecular weight excluding hydrogens is 266 g/mol. The number of imidazole rings is 1. The third-order valence-corrected chi connectivity index (χ3v) is 5.07. The Labute approximate surface area is 112 Å². The standard InChI is InChI=1S/C11H19N5O2S/c1-8-14-9(7-16(8)2)19(17,18)15-11(10(12)13)5-3-4-6-11/h7,15H,3-6H2,1-2H3,(H3,12,13). The van der Waals surface area contributed by atoms with Crippen molar-refractivity contribution in [3.05, 3.63) is 12.0 Å². The zero-order chi connectivity index (χ0) is 14.3. The van der Waals surface area contributed by atoms with Gasteiger partial charge in [-0.1, -0.05) is 12.8 Å². The van der Waals surface area contributed by atoms with E-state index in [1.54, 1.807) is 18.5 Å². The van der Waals surface area contributed by atoms with E-state index in [1.165, 1.54) is 6.20 Å². The van der Waals surface area contributed by atoms with Gasteiger partial charge in [0.1, 0.15) is 11.7 Å². The van der Waals surface area contributed by atoms with Crippen molar-refractivity contribution in [1.29, 1.82) is 5.41 Å². The van der Waals surface area contributed by atoms with E-state index in [9.17, 15) is 8.42 Å². The maximum absolute atomic E-state index is 12.3. The summed E-state index contributed by atoms with van der Waals surface area (Å²) in [4.78, 5) is 4.02. The van der Waals surface area contributed by atoms with Crippen LogP contribution in [0, 0.1) is 12.3 Å². The van der Waals surface area contributed by atoms with Gasteiger partial charge >= 0.3 is 0 Å². The van der Waals surface area contributed by atoms with Crippen LogP contribution >= 0.6 is 0 Å². The average molecular weight is 285 g/mol. The molecular formula is C11H19N5O2S. The van der Waals surface area contributed by atoms with Gasteiger partial charge in [0.2, 0.25) is 0 Å². The summed E-state index contributed by atoms with van der Waals surface area (Å²) in [5, 5.41) is 7.63. The summed E-state index contributed by atoms with van der Waals surface area (Å²) in [6.45, 7) is 1.73. The van der Waals surface area contributed by atoms with Crippen LogP contribution < -0.4 is 10.5 Å². The molecule has 1 aromatic heterocycles. The Balaban J connectivity index is 2.33.